The van der Waals surface area contributed by atoms with Crippen molar-refractivity contribution in [2.24, 2.45) is 5.73 Å². The number of methoxy groups -OCH3 is 1. The van der Waals surface area contributed by atoms with E-state index in [0.29, 0.717) is 10.6 Å². The number of aliphatic hydroxyl groups excluding tert-OH is 1. The summed E-state index contributed by atoms with van der Waals surface area (Å²) in [5.41, 5.74) is 5.86. The van der Waals surface area contributed by atoms with Gasteiger partial charge in [-0.2, -0.15) is 0 Å². The summed E-state index contributed by atoms with van der Waals surface area (Å²) in [6, 6.07) is 9.42. The molecule has 2 amide bonds. The molecule has 0 radical (unpaired) electrons. The normalized spacial score (nSPS) is 11.6. The molecule has 0 bridgehead atoms. The van der Waals surface area contributed by atoms with Gasteiger partial charge in [0.15, 0.2) is 18.1 Å². The second-order valence-electron chi connectivity index (χ2n) is 5.52. The molecule has 0 fully saturated rings. The molecule has 0 heterocycles. The number of carbonyl (C=O) groups is 2. The summed E-state index contributed by atoms with van der Waals surface area (Å²) in [4.78, 5) is 23.2. The summed E-state index contributed by atoms with van der Waals surface area (Å²) in [6.07, 6.45) is -0.901. The number of primary amides is 1. The number of carbonyl (C=O) groups excluding carboxylic acids is 2. The third kappa shape index (κ3) is 5.75. The molecule has 0 aliphatic rings. The minimum Gasteiger partial charge on any atom is -0.493 e. The SMILES string of the molecule is COc1cc(C(=O)NCC(O)c2ccc(Cl)cc2)cc(Cl)c1OCC(N)=O. The number of hydrogen-bond donors (Lipinski definition) is 3. The Morgan fingerprint density at radius 2 is 1.89 bits per heavy atom. The summed E-state index contributed by atoms with van der Waals surface area (Å²) < 4.78 is 10.4. The Labute approximate surface area is 166 Å². The molecule has 2 aromatic carbocycles. The van der Waals surface area contributed by atoms with Crippen molar-refractivity contribution in [1.82, 2.24) is 5.32 Å². The van der Waals surface area contributed by atoms with Crippen LogP contribution < -0.4 is 20.5 Å². The van der Waals surface area contributed by atoms with Gasteiger partial charge in [0.2, 0.25) is 0 Å². The van der Waals surface area contributed by atoms with E-state index in [1.165, 1.54) is 19.2 Å². The van der Waals surface area contributed by atoms with Crippen LogP contribution >= 0.6 is 23.2 Å². The van der Waals surface area contributed by atoms with Crippen molar-refractivity contribution < 1.29 is 24.2 Å². The fourth-order valence-electron chi connectivity index (χ4n) is 2.23. The topological polar surface area (TPSA) is 111 Å². The van der Waals surface area contributed by atoms with Crippen molar-refractivity contribution in [3.8, 4) is 11.5 Å². The average Bonchev–Trinajstić information content (AvgIpc) is 2.64. The van der Waals surface area contributed by atoms with E-state index in [1.807, 2.05) is 0 Å². The lowest BCUT2D eigenvalue weighted by Gasteiger charge is -2.15. The molecule has 0 aliphatic carbocycles. The van der Waals surface area contributed by atoms with Crippen LogP contribution in [0.5, 0.6) is 11.5 Å². The molecule has 27 heavy (non-hydrogen) atoms. The van der Waals surface area contributed by atoms with E-state index in [-0.39, 0.29) is 35.2 Å². The number of halogens is 2. The number of nitrogens with two attached hydrogens (primary N) is 1. The zero-order chi connectivity index (χ0) is 20.0. The van der Waals surface area contributed by atoms with Crippen molar-refractivity contribution in [2.75, 3.05) is 20.3 Å². The molecule has 0 aromatic heterocycles. The average molecular weight is 413 g/mol. The lowest BCUT2D eigenvalue weighted by atomic mass is 10.1. The van der Waals surface area contributed by atoms with Crippen LogP contribution in [0.1, 0.15) is 22.0 Å². The minimum absolute atomic E-state index is 0.0136. The lowest BCUT2D eigenvalue weighted by molar-refractivity contribution is -0.119. The molecular formula is C18H18Cl2N2O5. The largest absolute Gasteiger partial charge is 0.493 e. The van der Waals surface area contributed by atoms with Gasteiger partial charge in [-0.05, 0) is 29.8 Å². The zero-order valence-electron chi connectivity index (χ0n) is 14.4. The monoisotopic (exact) mass is 412 g/mol. The molecule has 1 unspecified atom stereocenters. The first-order valence-electron chi connectivity index (χ1n) is 7.82. The molecule has 9 heteroatoms. The van der Waals surface area contributed by atoms with Crippen LogP contribution in [0, 0.1) is 0 Å². The van der Waals surface area contributed by atoms with E-state index < -0.39 is 17.9 Å². The number of hydrogen-bond acceptors (Lipinski definition) is 5. The van der Waals surface area contributed by atoms with Crippen LogP contribution in [-0.2, 0) is 4.79 Å². The van der Waals surface area contributed by atoms with Gasteiger partial charge in [-0.1, -0.05) is 35.3 Å². The first-order chi connectivity index (χ1) is 12.8. The van der Waals surface area contributed by atoms with Gasteiger partial charge in [-0.15, -0.1) is 0 Å². The van der Waals surface area contributed by atoms with Crippen LogP contribution in [0.2, 0.25) is 10.0 Å². The molecule has 0 aliphatic heterocycles. The van der Waals surface area contributed by atoms with E-state index in [4.69, 9.17) is 38.4 Å². The predicted octanol–water partition coefficient (Wildman–Crippen LogP) is 2.33. The number of benzene rings is 2. The van der Waals surface area contributed by atoms with Crippen LogP contribution in [-0.4, -0.2) is 37.2 Å². The fraction of sp³-hybridized carbons (Fsp3) is 0.222. The van der Waals surface area contributed by atoms with Gasteiger partial charge < -0.3 is 25.6 Å². The van der Waals surface area contributed by atoms with Crippen LogP contribution in [0.15, 0.2) is 36.4 Å². The molecule has 4 N–H and O–H groups in total. The highest BCUT2D eigenvalue weighted by atomic mass is 35.5. The standard InChI is InChI=1S/C18H18Cl2N2O5/c1-26-15-7-11(6-13(20)17(15)27-9-16(21)24)18(25)22-8-14(23)10-2-4-12(19)5-3-10/h2-7,14,23H,8-9H2,1H3,(H2,21,24)(H,22,25). The quantitative estimate of drug-likeness (QED) is 0.615. The van der Waals surface area contributed by atoms with E-state index in [2.05, 4.69) is 5.32 Å². The van der Waals surface area contributed by atoms with Crippen LogP contribution in [0.3, 0.4) is 0 Å². The Hall–Kier alpha value is -2.48. The Morgan fingerprint density at radius 3 is 2.48 bits per heavy atom. The third-order valence-electron chi connectivity index (χ3n) is 3.56. The minimum atomic E-state index is -0.901. The van der Waals surface area contributed by atoms with Crippen molar-refractivity contribution >= 4 is 35.0 Å². The molecule has 0 spiro atoms. The molecule has 2 aromatic rings. The molecule has 7 nitrogen and oxygen atoms in total. The first-order valence-corrected chi connectivity index (χ1v) is 8.57. The number of rotatable bonds is 8. The van der Waals surface area contributed by atoms with Crippen molar-refractivity contribution in [2.45, 2.75) is 6.10 Å². The second-order valence-corrected chi connectivity index (χ2v) is 6.37. The summed E-state index contributed by atoms with van der Waals surface area (Å²) >= 11 is 11.9. The molecule has 0 saturated heterocycles. The number of aliphatic hydroxyl groups is 1. The third-order valence-corrected chi connectivity index (χ3v) is 4.09. The van der Waals surface area contributed by atoms with E-state index in [9.17, 15) is 14.7 Å². The maximum Gasteiger partial charge on any atom is 0.255 e. The Bertz CT molecular complexity index is 827. The maximum absolute atomic E-state index is 12.4. The van der Waals surface area contributed by atoms with Gasteiger partial charge in [0.1, 0.15) is 0 Å². The first kappa shape index (κ1) is 20.8. The highest BCUT2D eigenvalue weighted by molar-refractivity contribution is 6.32. The van der Waals surface area contributed by atoms with Crippen molar-refractivity contribution in [1.29, 1.82) is 0 Å². The van der Waals surface area contributed by atoms with Gasteiger partial charge >= 0.3 is 0 Å². The van der Waals surface area contributed by atoms with Gasteiger partial charge in [-0.3, -0.25) is 9.59 Å². The van der Waals surface area contributed by atoms with Crippen molar-refractivity contribution in [3.63, 3.8) is 0 Å². The van der Waals surface area contributed by atoms with E-state index >= 15 is 0 Å². The van der Waals surface area contributed by atoms with E-state index in [1.54, 1.807) is 24.3 Å². The van der Waals surface area contributed by atoms with Gasteiger partial charge in [0.05, 0.1) is 18.2 Å². The number of nitrogens with one attached hydrogen (secondary N) is 1. The van der Waals surface area contributed by atoms with Gasteiger partial charge in [0, 0.05) is 17.1 Å². The van der Waals surface area contributed by atoms with Crippen molar-refractivity contribution in [3.05, 3.63) is 57.6 Å². The zero-order valence-corrected chi connectivity index (χ0v) is 15.9. The summed E-state index contributed by atoms with van der Waals surface area (Å²) in [5, 5.41) is 13.4. The fourth-order valence-corrected chi connectivity index (χ4v) is 2.62. The Morgan fingerprint density at radius 1 is 1.22 bits per heavy atom. The number of ether oxygens (including phenoxy) is 2. The van der Waals surface area contributed by atoms with Gasteiger partial charge in [0.25, 0.3) is 11.8 Å². The Kier molecular flexibility index (Phi) is 7.29. The number of amides is 2. The molecular weight excluding hydrogens is 395 g/mol. The molecule has 0 saturated carbocycles. The summed E-state index contributed by atoms with van der Waals surface area (Å²) in [5.74, 6) is -0.862. The lowest BCUT2D eigenvalue weighted by Crippen LogP contribution is -2.28. The molecule has 2 rings (SSSR count). The Balaban J connectivity index is 2.08. The van der Waals surface area contributed by atoms with Gasteiger partial charge in [-0.25, -0.2) is 0 Å². The summed E-state index contributed by atoms with van der Waals surface area (Å²) in [7, 11) is 1.37. The van der Waals surface area contributed by atoms with Crippen LogP contribution in [0.25, 0.3) is 0 Å². The van der Waals surface area contributed by atoms with Crippen LogP contribution in [0.4, 0.5) is 0 Å². The molecule has 1 atom stereocenters. The highest BCUT2D eigenvalue weighted by Crippen LogP contribution is 2.36. The smallest absolute Gasteiger partial charge is 0.255 e. The summed E-state index contributed by atoms with van der Waals surface area (Å²) in [6.45, 7) is -0.394. The molecule has 144 valence electrons. The van der Waals surface area contributed by atoms with E-state index in [0.717, 1.165) is 0 Å². The second kappa shape index (κ2) is 9.45. The maximum atomic E-state index is 12.4. The predicted molar refractivity (Wildman–Crippen MR) is 101 cm³/mol. The highest BCUT2D eigenvalue weighted by Gasteiger charge is 2.17.